The van der Waals surface area contributed by atoms with Crippen LogP contribution >= 0.6 is 0 Å². The highest BCUT2D eigenvalue weighted by atomic mass is 19.1. The molecule has 1 fully saturated rings. The molecule has 1 aliphatic rings. The van der Waals surface area contributed by atoms with Crippen LogP contribution in [0.1, 0.15) is 30.5 Å². The third kappa shape index (κ3) is 5.69. The van der Waals surface area contributed by atoms with Crippen molar-refractivity contribution in [3.8, 4) is 11.4 Å². The SMILES string of the molecule is C=C(N=Cc1nc(-c2ccccc2F)n(CCC2CCNCC2)c1N)NCc1ccccc1F. The minimum Gasteiger partial charge on any atom is -0.383 e. The molecule has 0 saturated carbocycles. The number of nitrogens with two attached hydrogens (primary N) is 1. The number of aromatic nitrogens is 2. The third-order valence-corrected chi connectivity index (χ3v) is 6.15. The number of nitrogen functional groups attached to an aromatic ring is 1. The molecule has 4 N–H and O–H groups in total. The van der Waals surface area contributed by atoms with Crippen molar-refractivity contribution in [2.24, 2.45) is 10.9 Å². The first-order valence-electron chi connectivity index (χ1n) is 11.5. The molecule has 0 amide bonds. The van der Waals surface area contributed by atoms with Gasteiger partial charge in [-0.2, -0.15) is 0 Å². The van der Waals surface area contributed by atoms with E-state index in [1.165, 1.54) is 18.3 Å². The molecule has 2 aromatic carbocycles. The summed E-state index contributed by atoms with van der Waals surface area (Å²) in [6.45, 7) is 6.81. The van der Waals surface area contributed by atoms with Gasteiger partial charge in [0.05, 0.1) is 11.8 Å². The zero-order valence-electron chi connectivity index (χ0n) is 19.1. The fourth-order valence-electron chi connectivity index (χ4n) is 4.16. The molecule has 1 aliphatic heterocycles. The summed E-state index contributed by atoms with van der Waals surface area (Å²) >= 11 is 0. The number of anilines is 1. The Morgan fingerprint density at radius 2 is 1.85 bits per heavy atom. The van der Waals surface area contributed by atoms with Crippen molar-refractivity contribution >= 4 is 12.0 Å². The number of hydrogen-bond donors (Lipinski definition) is 3. The van der Waals surface area contributed by atoms with Crippen molar-refractivity contribution < 1.29 is 8.78 Å². The van der Waals surface area contributed by atoms with E-state index >= 15 is 0 Å². The van der Waals surface area contributed by atoms with E-state index in [-0.39, 0.29) is 18.2 Å². The number of rotatable bonds is 9. The summed E-state index contributed by atoms with van der Waals surface area (Å²) in [6.07, 6.45) is 4.69. The molecule has 4 rings (SSSR count). The maximum Gasteiger partial charge on any atom is 0.145 e. The van der Waals surface area contributed by atoms with Crippen LogP contribution in [0.25, 0.3) is 11.4 Å². The van der Waals surface area contributed by atoms with Crippen LogP contribution in [0.3, 0.4) is 0 Å². The van der Waals surface area contributed by atoms with Crippen molar-refractivity contribution in [2.75, 3.05) is 18.8 Å². The smallest absolute Gasteiger partial charge is 0.145 e. The van der Waals surface area contributed by atoms with Crippen molar-refractivity contribution in [3.63, 3.8) is 0 Å². The summed E-state index contributed by atoms with van der Waals surface area (Å²) in [4.78, 5) is 8.93. The molecule has 0 aliphatic carbocycles. The van der Waals surface area contributed by atoms with Crippen LogP contribution in [-0.2, 0) is 13.1 Å². The molecular formula is C26H30F2N6. The monoisotopic (exact) mass is 464 g/mol. The predicted molar refractivity (Wildman–Crippen MR) is 132 cm³/mol. The van der Waals surface area contributed by atoms with E-state index < -0.39 is 0 Å². The number of nitrogens with zero attached hydrogens (tertiary/aromatic N) is 3. The first-order chi connectivity index (χ1) is 16.5. The molecule has 0 radical (unpaired) electrons. The molecule has 8 heteroatoms. The Balaban J connectivity index is 1.52. The van der Waals surface area contributed by atoms with Crippen LogP contribution < -0.4 is 16.4 Å². The lowest BCUT2D eigenvalue weighted by molar-refractivity contribution is 0.339. The van der Waals surface area contributed by atoms with Crippen LogP contribution in [-0.4, -0.2) is 28.9 Å². The number of hydrogen-bond acceptors (Lipinski definition) is 5. The molecule has 6 nitrogen and oxygen atoms in total. The Bertz CT molecular complexity index is 1160. The normalized spacial score (nSPS) is 14.5. The molecule has 34 heavy (non-hydrogen) atoms. The van der Waals surface area contributed by atoms with Gasteiger partial charge in [-0.05, 0) is 56.5 Å². The molecule has 3 aromatic rings. The summed E-state index contributed by atoms with van der Waals surface area (Å²) in [7, 11) is 0. The van der Waals surface area contributed by atoms with E-state index in [2.05, 4.69) is 27.2 Å². The number of benzene rings is 2. The standard InChI is InChI=1S/C26H30F2N6/c1-18(31-16-20-6-2-4-8-22(20)27)32-17-24-25(29)34(15-12-19-10-13-30-14-11-19)26(33-24)21-7-3-5-9-23(21)28/h2-9,17,19,30-31H,1,10-16,29H2. The largest absolute Gasteiger partial charge is 0.383 e. The lowest BCUT2D eigenvalue weighted by Gasteiger charge is -2.23. The highest BCUT2D eigenvalue weighted by Crippen LogP contribution is 2.28. The maximum absolute atomic E-state index is 14.6. The topological polar surface area (TPSA) is 80.3 Å². The second-order valence-electron chi connectivity index (χ2n) is 8.47. The van der Waals surface area contributed by atoms with E-state index in [0.29, 0.717) is 46.7 Å². The van der Waals surface area contributed by atoms with Crippen LogP contribution in [0.4, 0.5) is 14.6 Å². The molecule has 2 heterocycles. The third-order valence-electron chi connectivity index (χ3n) is 6.15. The lowest BCUT2D eigenvalue weighted by atomic mass is 9.94. The molecule has 178 valence electrons. The van der Waals surface area contributed by atoms with Gasteiger partial charge in [-0.3, -0.25) is 0 Å². The summed E-state index contributed by atoms with van der Waals surface area (Å²) in [5.74, 6) is 1.21. The number of halogens is 2. The first kappa shape index (κ1) is 23.6. The van der Waals surface area contributed by atoms with Gasteiger partial charge in [-0.15, -0.1) is 0 Å². The summed E-state index contributed by atoms with van der Waals surface area (Å²) in [6, 6.07) is 13.1. The van der Waals surface area contributed by atoms with Gasteiger partial charge in [-0.25, -0.2) is 18.8 Å². The van der Waals surface area contributed by atoms with E-state index in [9.17, 15) is 8.78 Å². The van der Waals surface area contributed by atoms with E-state index in [1.54, 1.807) is 36.4 Å². The Kier molecular flexibility index (Phi) is 7.69. The summed E-state index contributed by atoms with van der Waals surface area (Å²) in [5.41, 5.74) is 7.81. The first-order valence-corrected chi connectivity index (χ1v) is 11.5. The predicted octanol–water partition coefficient (Wildman–Crippen LogP) is 4.48. The van der Waals surface area contributed by atoms with E-state index in [0.717, 1.165) is 32.4 Å². The fraction of sp³-hybridized carbons (Fsp3) is 0.308. The zero-order valence-corrected chi connectivity index (χ0v) is 19.1. The zero-order chi connectivity index (χ0) is 23.9. The highest BCUT2D eigenvalue weighted by molar-refractivity contribution is 5.86. The Labute approximate surface area is 198 Å². The second-order valence-corrected chi connectivity index (χ2v) is 8.47. The molecule has 0 bridgehead atoms. The van der Waals surface area contributed by atoms with Gasteiger partial charge in [0.15, 0.2) is 0 Å². The van der Waals surface area contributed by atoms with Crippen LogP contribution in [0.15, 0.2) is 65.9 Å². The van der Waals surface area contributed by atoms with Crippen molar-refractivity contribution in [1.82, 2.24) is 20.2 Å². The molecule has 1 aromatic heterocycles. The van der Waals surface area contributed by atoms with Gasteiger partial charge in [0.1, 0.15) is 34.8 Å². The average molecular weight is 465 g/mol. The molecular weight excluding hydrogens is 434 g/mol. The van der Waals surface area contributed by atoms with Gasteiger partial charge in [0.25, 0.3) is 0 Å². The molecule has 1 saturated heterocycles. The fourth-order valence-corrected chi connectivity index (χ4v) is 4.16. The number of aliphatic imine (C=N–C) groups is 1. The van der Waals surface area contributed by atoms with Crippen molar-refractivity contribution in [1.29, 1.82) is 0 Å². The second kappa shape index (κ2) is 11.1. The minimum absolute atomic E-state index is 0.253. The van der Waals surface area contributed by atoms with Gasteiger partial charge >= 0.3 is 0 Å². The summed E-state index contributed by atoms with van der Waals surface area (Å²) in [5, 5.41) is 6.36. The Morgan fingerprint density at radius 1 is 1.15 bits per heavy atom. The number of imidazole rings is 1. The lowest BCUT2D eigenvalue weighted by Crippen LogP contribution is -2.28. The van der Waals surface area contributed by atoms with Crippen LogP contribution in [0.5, 0.6) is 0 Å². The van der Waals surface area contributed by atoms with E-state index in [1.807, 2.05) is 4.57 Å². The van der Waals surface area contributed by atoms with Crippen LogP contribution in [0.2, 0.25) is 0 Å². The minimum atomic E-state index is -0.352. The van der Waals surface area contributed by atoms with Gasteiger partial charge in [0.2, 0.25) is 0 Å². The Morgan fingerprint density at radius 3 is 2.59 bits per heavy atom. The van der Waals surface area contributed by atoms with E-state index in [4.69, 9.17) is 5.73 Å². The van der Waals surface area contributed by atoms with Gasteiger partial charge < -0.3 is 20.9 Å². The van der Waals surface area contributed by atoms with Gasteiger partial charge in [0, 0.05) is 18.7 Å². The molecule has 0 atom stereocenters. The molecule has 0 unspecified atom stereocenters. The average Bonchev–Trinajstić information content (AvgIpc) is 3.16. The van der Waals surface area contributed by atoms with Crippen LogP contribution in [0, 0.1) is 17.6 Å². The maximum atomic E-state index is 14.6. The summed E-state index contributed by atoms with van der Waals surface area (Å²) < 4.78 is 30.3. The number of nitrogens with one attached hydrogen (secondary N) is 2. The quantitative estimate of drug-likeness (QED) is 0.408. The van der Waals surface area contributed by atoms with Crippen molar-refractivity contribution in [3.05, 3.63) is 83.8 Å². The van der Waals surface area contributed by atoms with Gasteiger partial charge in [-0.1, -0.05) is 36.9 Å². The van der Waals surface area contributed by atoms with Crippen molar-refractivity contribution in [2.45, 2.75) is 32.4 Å². The highest BCUT2D eigenvalue weighted by Gasteiger charge is 2.20. The number of piperidine rings is 1. The molecule has 0 spiro atoms. The Hall–Kier alpha value is -3.52.